The van der Waals surface area contributed by atoms with Crippen LogP contribution in [0.15, 0.2) is 12.3 Å². The number of aromatic nitrogens is 1. The number of hydrogen-bond donors (Lipinski definition) is 3. The molecular formula is C14H21N3O2. The van der Waals surface area contributed by atoms with Gasteiger partial charge in [0.15, 0.2) is 0 Å². The summed E-state index contributed by atoms with van der Waals surface area (Å²) in [5.74, 6) is -0.582. The predicted octanol–water partition coefficient (Wildman–Crippen LogP) is 2.74. The van der Waals surface area contributed by atoms with Crippen LogP contribution in [-0.2, 0) is 0 Å². The lowest BCUT2D eigenvalue weighted by molar-refractivity contribution is 0.0697. The standard InChI is InChI=1S/C14H21N3O2/c1-14(2)5-3-4-10(7-14)17-12-11(13(18)19)6-9(15)8-16-12/h6,8,10H,3-5,7,15H2,1-2H3,(H,16,17)(H,18,19). The summed E-state index contributed by atoms with van der Waals surface area (Å²) >= 11 is 0. The van der Waals surface area contributed by atoms with Crippen molar-refractivity contribution in [1.29, 1.82) is 0 Å². The summed E-state index contributed by atoms with van der Waals surface area (Å²) in [6, 6.07) is 1.73. The maximum atomic E-state index is 11.2. The highest BCUT2D eigenvalue weighted by molar-refractivity contribution is 5.94. The number of rotatable bonds is 3. The number of pyridine rings is 1. The van der Waals surface area contributed by atoms with Crippen molar-refractivity contribution in [3.8, 4) is 0 Å². The molecule has 0 saturated heterocycles. The van der Waals surface area contributed by atoms with Crippen molar-refractivity contribution in [2.75, 3.05) is 11.1 Å². The minimum atomic E-state index is -1.00. The van der Waals surface area contributed by atoms with Gasteiger partial charge in [-0.3, -0.25) is 0 Å². The minimum Gasteiger partial charge on any atom is -0.478 e. The zero-order chi connectivity index (χ0) is 14.0. The fourth-order valence-corrected chi connectivity index (χ4v) is 2.77. The van der Waals surface area contributed by atoms with E-state index in [0.29, 0.717) is 16.9 Å². The van der Waals surface area contributed by atoms with Gasteiger partial charge >= 0.3 is 5.97 Å². The molecule has 1 fully saturated rings. The molecule has 19 heavy (non-hydrogen) atoms. The normalized spacial score (nSPS) is 21.9. The number of nitrogens with one attached hydrogen (secondary N) is 1. The second kappa shape index (κ2) is 5.07. The van der Waals surface area contributed by atoms with Crippen molar-refractivity contribution in [1.82, 2.24) is 4.98 Å². The quantitative estimate of drug-likeness (QED) is 0.780. The van der Waals surface area contributed by atoms with Gasteiger partial charge in [-0.15, -0.1) is 0 Å². The molecule has 104 valence electrons. The van der Waals surface area contributed by atoms with Gasteiger partial charge < -0.3 is 16.2 Å². The number of hydrogen-bond acceptors (Lipinski definition) is 4. The first-order chi connectivity index (χ1) is 8.87. The highest BCUT2D eigenvalue weighted by Gasteiger charge is 2.28. The van der Waals surface area contributed by atoms with E-state index in [-0.39, 0.29) is 11.6 Å². The maximum absolute atomic E-state index is 11.2. The average molecular weight is 263 g/mol. The first-order valence-electron chi connectivity index (χ1n) is 6.63. The largest absolute Gasteiger partial charge is 0.478 e. The highest BCUT2D eigenvalue weighted by atomic mass is 16.4. The molecule has 1 aliphatic rings. The van der Waals surface area contributed by atoms with Crippen LogP contribution < -0.4 is 11.1 Å². The topological polar surface area (TPSA) is 88.2 Å². The number of nitrogens with zero attached hydrogens (tertiary/aromatic N) is 1. The van der Waals surface area contributed by atoms with Gasteiger partial charge in [-0.25, -0.2) is 9.78 Å². The number of anilines is 2. The van der Waals surface area contributed by atoms with Crippen molar-refractivity contribution in [3.63, 3.8) is 0 Å². The maximum Gasteiger partial charge on any atom is 0.339 e. The number of nitrogen functional groups attached to an aromatic ring is 1. The lowest BCUT2D eigenvalue weighted by Gasteiger charge is -2.36. The second-order valence-electron chi connectivity index (χ2n) is 6.07. The third-order valence-electron chi connectivity index (χ3n) is 3.69. The Balaban J connectivity index is 2.17. The Morgan fingerprint density at radius 1 is 1.58 bits per heavy atom. The van der Waals surface area contributed by atoms with Crippen molar-refractivity contribution < 1.29 is 9.90 Å². The van der Waals surface area contributed by atoms with Gasteiger partial charge in [-0.2, -0.15) is 0 Å². The predicted molar refractivity (Wildman–Crippen MR) is 75.3 cm³/mol. The fourth-order valence-electron chi connectivity index (χ4n) is 2.77. The van der Waals surface area contributed by atoms with Crippen LogP contribution >= 0.6 is 0 Å². The molecule has 1 aromatic rings. The molecule has 4 N–H and O–H groups in total. The fraction of sp³-hybridized carbons (Fsp3) is 0.571. The zero-order valence-corrected chi connectivity index (χ0v) is 11.4. The summed E-state index contributed by atoms with van der Waals surface area (Å²) in [4.78, 5) is 15.3. The Morgan fingerprint density at radius 3 is 2.95 bits per heavy atom. The third-order valence-corrected chi connectivity index (χ3v) is 3.69. The first kappa shape index (κ1) is 13.6. The molecule has 2 rings (SSSR count). The van der Waals surface area contributed by atoms with Gasteiger partial charge in [0.05, 0.1) is 11.9 Å². The molecule has 0 aliphatic heterocycles. The Morgan fingerprint density at radius 2 is 2.32 bits per heavy atom. The van der Waals surface area contributed by atoms with E-state index in [2.05, 4.69) is 24.1 Å². The molecule has 1 aromatic heterocycles. The van der Waals surface area contributed by atoms with Crippen LogP contribution in [0.5, 0.6) is 0 Å². The van der Waals surface area contributed by atoms with Crippen LogP contribution in [-0.4, -0.2) is 22.1 Å². The molecule has 0 bridgehead atoms. The molecule has 0 spiro atoms. The number of nitrogens with two attached hydrogens (primary N) is 1. The minimum absolute atomic E-state index is 0.142. The van der Waals surface area contributed by atoms with E-state index in [1.54, 1.807) is 0 Å². The molecule has 1 aliphatic carbocycles. The van der Waals surface area contributed by atoms with Gasteiger partial charge in [-0.05, 0) is 30.7 Å². The monoisotopic (exact) mass is 263 g/mol. The summed E-state index contributed by atoms with van der Waals surface area (Å²) in [5, 5.41) is 12.5. The Labute approximate surface area is 113 Å². The first-order valence-corrected chi connectivity index (χ1v) is 6.63. The molecule has 0 radical (unpaired) electrons. The molecule has 1 saturated carbocycles. The summed E-state index contributed by atoms with van der Waals surface area (Å²) in [6.07, 6.45) is 5.93. The van der Waals surface area contributed by atoms with E-state index in [1.165, 1.54) is 18.7 Å². The van der Waals surface area contributed by atoms with Crippen molar-refractivity contribution >= 4 is 17.5 Å². The van der Waals surface area contributed by atoms with Crippen LogP contribution in [0, 0.1) is 5.41 Å². The summed E-state index contributed by atoms with van der Waals surface area (Å²) in [6.45, 7) is 4.49. The van der Waals surface area contributed by atoms with Gasteiger partial charge in [0, 0.05) is 6.04 Å². The Kier molecular flexibility index (Phi) is 3.64. The average Bonchev–Trinajstić information content (AvgIpc) is 2.30. The molecule has 1 atom stereocenters. The number of carboxylic acids is 1. The number of carboxylic acid groups (broad SMARTS) is 1. The molecule has 1 unspecified atom stereocenters. The number of aromatic carboxylic acids is 1. The lowest BCUT2D eigenvalue weighted by Crippen LogP contribution is -2.32. The second-order valence-corrected chi connectivity index (χ2v) is 6.07. The van der Waals surface area contributed by atoms with Gasteiger partial charge in [0.25, 0.3) is 0 Å². The SMILES string of the molecule is CC1(C)CCCC(Nc2ncc(N)cc2C(=O)O)C1. The Bertz CT molecular complexity index is 486. The van der Waals surface area contributed by atoms with E-state index in [0.717, 1.165) is 19.3 Å². The van der Waals surface area contributed by atoms with Crippen LogP contribution in [0.2, 0.25) is 0 Å². The van der Waals surface area contributed by atoms with Crippen LogP contribution in [0.25, 0.3) is 0 Å². The Hall–Kier alpha value is -1.78. The van der Waals surface area contributed by atoms with E-state index >= 15 is 0 Å². The molecule has 5 nitrogen and oxygen atoms in total. The molecular weight excluding hydrogens is 242 g/mol. The van der Waals surface area contributed by atoms with Crippen LogP contribution in [0.3, 0.4) is 0 Å². The molecule has 1 heterocycles. The van der Waals surface area contributed by atoms with E-state index < -0.39 is 5.97 Å². The van der Waals surface area contributed by atoms with Gasteiger partial charge in [0.1, 0.15) is 11.4 Å². The van der Waals surface area contributed by atoms with Crippen LogP contribution in [0.1, 0.15) is 49.9 Å². The van der Waals surface area contributed by atoms with E-state index in [4.69, 9.17) is 5.73 Å². The van der Waals surface area contributed by atoms with Gasteiger partial charge in [0.2, 0.25) is 0 Å². The van der Waals surface area contributed by atoms with Crippen molar-refractivity contribution in [2.24, 2.45) is 5.41 Å². The summed E-state index contributed by atoms with van der Waals surface area (Å²) in [7, 11) is 0. The number of carbonyl (C=O) groups is 1. The molecule has 5 heteroatoms. The lowest BCUT2D eigenvalue weighted by atomic mass is 9.75. The smallest absolute Gasteiger partial charge is 0.339 e. The van der Waals surface area contributed by atoms with Gasteiger partial charge in [-0.1, -0.05) is 20.3 Å². The third kappa shape index (κ3) is 3.36. The van der Waals surface area contributed by atoms with Crippen molar-refractivity contribution in [2.45, 2.75) is 45.6 Å². The van der Waals surface area contributed by atoms with Crippen molar-refractivity contribution in [3.05, 3.63) is 17.8 Å². The summed E-state index contributed by atoms with van der Waals surface area (Å²) in [5.41, 5.74) is 6.40. The van der Waals surface area contributed by atoms with E-state index in [9.17, 15) is 9.90 Å². The molecule has 0 aromatic carbocycles. The van der Waals surface area contributed by atoms with Crippen LogP contribution in [0.4, 0.5) is 11.5 Å². The summed E-state index contributed by atoms with van der Waals surface area (Å²) < 4.78 is 0. The zero-order valence-electron chi connectivity index (χ0n) is 11.4. The van der Waals surface area contributed by atoms with E-state index in [1.807, 2.05) is 0 Å². The molecule has 0 amide bonds. The highest BCUT2D eigenvalue weighted by Crippen LogP contribution is 2.36.